The summed E-state index contributed by atoms with van der Waals surface area (Å²) >= 11 is 0. The zero-order chi connectivity index (χ0) is 17.5. The van der Waals surface area contributed by atoms with E-state index in [-0.39, 0.29) is 11.9 Å². The second-order valence-corrected chi connectivity index (χ2v) is 5.84. The summed E-state index contributed by atoms with van der Waals surface area (Å²) in [6, 6.07) is 11.5. The zero-order valence-corrected chi connectivity index (χ0v) is 14.3. The molecule has 4 nitrogen and oxygen atoms in total. The molecule has 0 radical (unpaired) electrons. The van der Waals surface area contributed by atoms with Crippen molar-refractivity contribution in [3.8, 4) is 11.5 Å². The van der Waals surface area contributed by atoms with Crippen LogP contribution in [0.5, 0.6) is 11.5 Å². The van der Waals surface area contributed by atoms with Crippen molar-refractivity contribution in [2.75, 3.05) is 13.7 Å². The van der Waals surface area contributed by atoms with E-state index in [1.165, 1.54) is 12.1 Å². The summed E-state index contributed by atoms with van der Waals surface area (Å²) in [6.07, 6.45) is -0.640. The van der Waals surface area contributed by atoms with Crippen LogP contribution in [0.25, 0.3) is 0 Å². The topological polar surface area (TPSA) is 50.7 Å². The quantitative estimate of drug-likeness (QED) is 0.777. The minimum atomic E-state index is -0.696. The number of aliphatic hydroxyl groups excluding tert-OH is 1. The number of hydrogen-bond acceptors (Lipinski definition) is 4. The van der Waals surface area contributed by atoms with E-state index in [0.717, 1.165) is 17.1 Å². The monoisotopic (exact) mass is 333 g/mol. The number of rotatable bonds is 8. The second kappa shape index (κ2) is 8.66. The number of hydrogen-bond donors (Lipinski definition) is 2. The molecule has 2 aromatic rings. The summed E-state index contributed by atoms with van der Waals surface area (Å²) in [5.74, 6) is 1.18. The van der Waals surface area contributed by atoms with Crippen LogP contribution in [0, 0.1) is 5.82 Å². The van der Waals surface area contributed by atoms with Crippen LogP contribution in [0.4, 0.5) is 4.39 Å². The third-order valence-corrected chi connectivity index (χ3v) is 3.54. The molecule has 2 rings (SSSR count). The Bertz CT molecular complexity index is 644. The first-order valence-electron chi connectivity index (χ1n) is 7.97. The number of methoxy groups -OCH3 is 1. The molecule has 0 fully saturated rings. The van der Waals surface area contributed by atoms with Crippen molar-refractivity contribution in [2.45, 2.75) is 32.6 Å². The first-order valence-corrected chi connectivity index (χ1v) is 7.97. The van der Waals surface area contributed by atoms with Gasteiger partial charge in [0.2, 0.25) is 0 Å². The van der Waals surface area contributed by atoms with Crippen molar-refractivity contribution in [3.63, 3.8) is 0 Å². The molecular formula is C19H24FNO3. The molecule has 5 heteroatoms. The maximum Gasteiger partial charge on any atom is 0.127 e. The number of nitrogens with one attached hydrogen (secondary N) is 1. The second-order valence-electron chi connectivity index (χ2n) is 5.84. The molecule has 0 heterocycles. The van der Waals surface area contributed by atoms with Crippen LogP contribution in [0.3, 0.4) is 0 Å². The Kier molecular flexibility index (Phi) is 6.58. The minimum absolute atomic E-state index is 0.0562. The third-order valence-electron chi connectivity index (χ3n) is 3.54. The molecular weight excluding hydrogens is 309 g/mol. The Morgan fingerprint density at radius 2 is 1.83 bits per heavy atom. The van der Waals surface area contributed by atoms with E-state index < -0.39 is 6.10 Å². The van der Waals surface area contributed by atoms with Gasteiger partial charge in [0.1, 0.15) is 17.3 Å². The van der Waals surface area contributed by atoms with Crippen LogP contribution in [0.2, 0.25) is 0 Å². The van der Waals surface area contributed by atoms with Crippen LogP contribution in [-0.4, -0.2) is 24.9 Å². The van der Waals surface area contributed by atoms with E-state index in [9.17, 15) is 9.50 Å². The van der Waals surface area contributed by atoms with Crippen molar-refractivity contribution < 1.29 is 19.0 Å². The number of halogens is 1. The lowest BCUT2D eigenvalue weighted by Gasteiger charge is -2.17. The fraction of sp³-hybridized carbons (Fsp3) is 0.368. The van der Waals surface area contributed by atoms with Crippen molar-refractivity contribution >= 4 is 0 Å². The van der Waals surface area contributed by atoms with Gasteiger partial charge in [-0.2, -0.15) is 0 Å². The van der Waals surface area contributed by atoms with Gasteiger partial charge in [0, 0.05) is 24.7 Å². The standard InChI is InChI=1S/C19H24FNO3/c1-13(2)24-19-10-17(23-3)9-6-15(19)11-21-12-18(22)14-4-7-16(20)8-5-14/h4-10,13,18,21-22H,11-12H2,1-3H3. The maximum absolute atomic E-state index is 12.9. The van der Waals surface area contributed by atoms with Crippen LogP contribution in [0.15, 0.2) is 42.5 Å². The normalized spacial score (nSPS) is 12.2. The van der Waals surface area contributed by atoms with Crippen LogP contribution < -0.4 is 14.8 Å². The highest BCUT2D eigenvalue weighted by atomic mass is 19.1. The molecule has 0 saturated carbocycles. The van der Waals surface area contributed by atoms with Gasteiger partial charge in [-0.05, 0) is 37.6 Å². The first-order chi connectivity index (χ1) is 11.5. The molecule has 2 N–H and O–H groups in total. The lowest BCUT2D eigenvalue weighted by Crippen LogP contribution is -2.21. The average Bonchev–Trinajstić information content (AvgIpc) is 2.56. The van der Waals surface area contributed by atoms with Gasteiger partial charge in [-0.15, -0.1) is 0 Å². The Balaban J connectivity index is 1.96. The number of aliphatic hydroxyl groups is 1. The molecule has 2 aromatic carbocycles. The molecule has 0 aliphatic rings. The number of benzene rings is 2. The maximum atomic E-state index is 12.9. The lowest BCUT2D eigenvalue weighted by atomic mass is 10.1. The van der Waals surface area contributed by atoms with Crippen molar-refractivity contribution in [1.82, 2.24) is 5.32 Å². The lowest BCUT2D eigenvalue weighted by molar-refractivity contribution is 0.173. The highest BCUT2D eigenvalue weighted by Crippen LogP contribution is 2.26. The Morgan fingerprint density at radius 3 is 2.46 bits per heavy atom. The summed E-state index contributed by atoms with van der Waals surface area (Å²) in [5, 5.41) is 13.4. The SMILES string of the molecule is COc1ccc(CNCC(O)c2ccc(F)cc2)c(OC(C)C)c1. The predicted octanol–water partition coefficient (Wildman–Crippen LogP) is 3.44. The van der Waals surface area contributed by atoms with Crippen LogP contribution >= 0.6 is 0 Å². The van der Waals surface area contributed by atoms with Gasteiger partial charge >= 0.3 is 0 Å². The highest BCUT2D eigenvalue weighted by Gasteiger charge is 2.10. The molecule has 130 valence electrons. The summed E-state index contributed by atoms with van der Waals surface area (Å²) in [4.78, 5) is 0. The van der Waals surface area contributed by atoms with E-state index >= 15 is 0 Å². The summed E-state index contributed by atoms with van der Waals surface area (Å²) < 4.78 is 24.0. The molecule has 1 unspecified atom stereocenters. The van der Waals surface area contributed by atoms with Crippen molar-refractivity contribution in [3.05, 3.63) is 59.4 Å². The summed E-state index contributed by atoms with van der Waals surface area (Å²) in [6.45, 7) is 4.84. The highest BCUT2D eigenvalue weighted by molar-refractivity contribution is 5.40. The average molecular weight is 333 g/mol. The van der Waals surface area contributed by atoms with E-state index in [1.54, 1.807) is 19.2 Å². The van der Waals surface area contributed by atoms with Gasteiger partial charge in [-0.3, -0.25) is 0 Å². The molecule has 0 aliphatic carbocycles. The van der Waals surface area contributed by atoms with Gasteiger partial charge in [0.25, 0.3) is 0 Å². The summed E-state index contributed by atoms with van der Waals surface area (Å²) in [5.41, 5.74) is 1.66. The fourth-order valence-electron chi connectivity index (χ4n) is 2.32. The van der Waals surface area contributed by atoms with E-state index in [0.29, 0.717) is 18.7 Å². The molecule has 24 heavy (non-hydrogen) atoms. The van der Waals surface area contributed by atoms with Crippen molar-refractivity contribution in [2.24, 2.45) is 0 Å². The van der Waals surface area contributed by atoms with E-state index in [1.807, 2.05) is 32.0 Å². The molecule has 0 saturated heterocycles. The Labute approximate surface area is 142 Å². The van der Waals surface area contributed by atoms with Gasteiger partial charge in [0.15, 0.2) is 0 Å². The molecule has 0 bridgehead atoms. The first kappa shape index (κ1) is 18.2. The Morgan fingerprint density at radius 1 is 1.12 bits per heavy atom. The predicted molar refractivity (Wildman–Crippen MR) is 91.8 cm³/mol. The van der Waals surface area contributed by atoms with Crippen molar-refractivity contribution in [1.29, 1.82) is 0 Å². The Hall–Kier alpha value is -2.11. The van der Waals surface area contributed by atoms with Gasteiger partial charge in [-0.25, -0.2) is 4.39 Å². The van der Waals surface area contributed by atoms with Gasteiger partial charge in [-0.1, -0.05) is 18.2 Å². The smallest absolute Gasteiger partial charge is 0.127 e. The largest absolute Gasteiger partial charge is 0.497 e. The molecule has 0 spiro atoms. The zero-order valence-electron chi connectivity index (χ0n) is 14.3. The molecule has 0 aliphatic heterocycles. The summed E-state index contributed by atoms with van der Waals surface area (Å²) in [7, 11) is 1.62. The minimum Gasteiger partial charge on any atom is -0.497 e. The van der Waals surface area contributed by atoms with E-state index in [4.69, 9.17) is 9.47 Å². The fourth-order valence-corrected chi connectivity index (χ4v) is 2.32. The van der Waals surface area contributed by atoms with Gasteiger partial charge in [0.05, 0.1) is 19.3 Å². The third kappa shape index (κ3) is 5.22. The number of ether oxygens (including phenoxy) is 2. The van der Waals surface area contributed by atoms with E-state index in [2.05, 4.69) is 5.32 Å². The van der Waals surface area contributed by atoms with Gasteiger partial charge < -0.3 is 19.9 Å². The molecule has 1 atom stereocenters. The molecule has 0 amide bonds. The molecule has 0 aromatic heterocycles. The van der Waals surface area contributed by atoms with Crippen LogP contribution in [0.1, 0.15) is 31.1 Å². The van der Waals surface area contributed by atoms with Crippen LogP contribution in [-0.2, 0) is 6.54 Å².